The summed E-state index contributed by atoms with van der Waals surface area (Å²) in [5.41, 5.74) is 0.845. The fourth-order valence-corrected chi connectivity index (χ4v) is 2.92. The van der Waals surface area contributed by atoms with Gasteiger partial charge >= 0.3 is 0 Å². The molecule has 0 saturated heterocycles. The van der Waals surface area contributed by atoms with Crippen molar-refractivity contribution in [2.45, 2.75) is 19.4 Å². The average molecular weight is 241 g/mol. The van der Waals surface area contributed by atoms with E-state index in [1.807, 2.05) is 0 Å². The molecule has 0 radical (unpaired) electrons. The summed E-state index contributed by atoms with van der Waals surface area (Å²) < 4.78 is 25.7. The molecule has 2 N–H and O–H groups in total. The smallest absolute Gasteiger partial charge is 0.212 e. The summed E-state index contributed by atoms with van der Waals surface area (Å²) in [6.45, 7) is 0.287. The van der Waals surface area contributed by atoms with Crippen molar-refractivity contribution in [3.63, 3.8) is 0 Å². The van der Waals surface area contributed by atoms with Gasteiger partial charge in [0.2, 0.25) is 10.0 Å². The number of nitrogens with one attached hydrogen (secondary N) is 1. The summed E-state index contributed by atoms with van der Waals surface area (Å²) in [6.07, 6.45) is 2.06. The number of hydrogen-bond acceptors (Lipinski definition) is 3. The predicted octanol–water partition coefficient (Wildman–Crippen LogP) is 1.22. The third-order valence-electron chi connectivity index (χ3n) is 2.58. The Morgan fingerprint density at radius 2 is 1.88 bits per heavy atom. The second-order valence-corrected chi connectivity index (χ2v) is 6.06. The van der Waals surface area contributed by atoms with Crippen molar-refractivity contribution < 1.29 is 13.5 Å². The van der Waals surface area contributed by atoms with Crippen LogP contribution in [0.1, 0.15) is 18.4 Å². The number of sulfonamides is 1. The Morgan fingerprint density at radius 1 is 1.25 bits per heavy atom. The first-order chi connectivity index (χ1) is 7.55. The number of aromatic hydroxyl groups is 1. The molecular weight excluding hydrogens is 226 g/mol. The number of rotatable bonds is 5. The molecule has 0 heterocycles. The molecule has 0 bridgehead atoms. The maximum absolute atomic E-state index is 11.6. The molecule has 1 aliphatic rings. The molecule has 1 saturated carbocycles. The lowest BCUT2D eigenvalue weighted by Crippen LogP contribution is -2.26. The predicted molar refractivity (Wildman–Crippen MR) is 61.5 cm³/mol. The van der Waals surface area contributed by atoms with E-state index < -0.39 is 10.0 Å². The van der Waals surface area contributed by atoms with Gasteiger partial charge in [0, 0.05) is 6.54 Å². The number of phenolic OH excluding ortho intramolecular Hbond substituents is 1. The highest BCUT2D eigenvalue weighted by molar-refractivity contribution is 7.89. The molecule has 0 unspecified atom stereocenters. The van der Waals surface area contributed by atoms with Crippen molar-refractivity contribution in [3.05, 3.63) is 29.8 Å². The minimum absolute atomic E-state index is 0.185. The van der Waals surface area contributed by atoms with Gasteiger partial charge < -0.3 is 5.11 Å². The van der Waals surface area contributed by atoms with Crippen LogP contribution < -0.4 is 4.72 Å². The van der Waals surface area contributed by atoms with Crippen LogP contribution in [0.25, 0.3) is 0 Å². The SMILES string of the molecule is O=S(=O)(CC1CC1)NCc1ccc(O)cc1. The third kappa shape index (κ3) is 3.50. The van der Waals surface area contributed by atoms with Crippen molar-refractivity contribution in [1.29, 1.82) is 0 Å². The zero-order valence-electron chi connectivity index (χ0n) is 8.89. The van der Waals surface area contributed by atoms with E-state index in [2.05, 4.69) is 4.72 Å². The van der Waals surface area contributed by atoms with E-state index in [0.29, 0.717) is 5.92 Å². The molecule has 0 aliphatic heterocycles. The van der Waals surface area contributed by atoms with E-state index in [-0.39, 0.29) is 18.0 Å². The van der Waals surface area contributed by atoms with Gasteiger partial charge in [0.25, 0.3) is 0 Å². The Hall–Kier alpha value is -1.07. The van der Waals surface area contributed by atoms with Gasteiger partial charge in [-0.25, -0.2) is 13.1 Å². The number of benzene rings is 1. The molecule has 88 valence electrons. The molecular formula is C11H15NO3S. The van der Waals surface area contributed by atoms with Crippen LogP contribution in [0.3, 0.4) is 0 Å². The molecule has 0 atom stereocenters. The van der Waals surface area contributed by atoms with Crippen molar-refractivity contribution in [1.82, 2.24) is 4.72 Å². The lowest BCUT2D eigenvalue weighted by Gasteiger charge is -2.05. The highest BCUT2D eigenvalue weighted by Crippen LogP contribution is 2.29. The van der Waals surface area contributed by atoms with Crippen LogP contribution in [0.5, 0.6) is 5.75 Å². The van der Waals surface area contributed by atoms with Crippen molar-refractivity contribution in [2.75, 3.05) is 5.75 Å². The third-order valence-corrected chi connectivity index (χ3v) is 4.08. The minimum atomic E-state index is -3.14. The van der Waals surface area contributed by atoms with Crippen LogP contribution in [-0.2, 0) is 16.6 Å². The molecule has 0 aromatic heterocycles. The Morgan fingerprint density at radius 3 is 2.44 bits per heavy atom. The highest BCUT2D eigenvalue weighted by Gasteiger charge is 2.27. The van der Waals surface area contributed by atoms with Crippen molar-refractivity contribution in [2.24, 2.45) is 5.92 Å². The van der Waals surface area contributed by atoms with Gasteiger partial charge in [-0.05, 0) is 36.5 Å². The van der Waals surface area contributed by atoms with Crippen molar-refractivity contribution >= 4 is 10.0 Å². The molecule has 2 rings (SSSR count). The molecule has 1 aromatic carbocycles. The summed E-state index contributed by atoms with van der Waals surface area (Å²) in [7, 11) is -3.14. The molecule has 16 heavy (non-hydrogen) atoms. The Labute approximate surface area is 95.4 Å². The summed E-state index contributed by atoms with van der Waals surface area (Å²) in [5, 5.41) is 9.07. The fraction of sp³-hybridized carbons (Fsp3) is 0.455. The molecule has 1 aliphatic carbocycles. The molecule has 0 amide bonds. The minimum Gasteiger partial charge on any atom is -0.508 e. The van der Waals surface area contributed by atoms with Gasteiger partial charge in [-0.15, -0.1) is 0 Å². The first-order valence-electron chi connectivity index (χ1n) is 5.30. The Bertz CT molecular complexity index is 449. The van der Waals surface area contributed by atoms with Crippen LogP contribution in [0.4, 0.5) is 0 Å². The van der Waals surface area contributed by atoms with Crippen LogP contribution in [0.2, 0.25) is 0 Å². The molecule has 4 nitrogen and oxygen atoms in total. The Balaban J connectivity index is 1.88. The monoisotopic (exact) mass is 241 g/mol. The summed E-state index contributed by atoms with van der Waals surface area (Å²) in [6, 6.07) is 6.50. The van der Waals surface area contributed by atoms with Crippen LogP contribution in [0.15, 0.2) is 24.3 Å². The highest BCUT2D eigenvalue weighted by atomic mass is 32.2. The fourth-order valence-electron chi connectivity index (χ4n) is 1.46. The van der Waals surface area contributed by atoms with Gasteiger partial charge in [-0.1, -0.05) is 12.1 Å². The first-order valence-corrected chi connectivity index (χ1v) is 6.96. The molecule has 5 heteroatoms. The molecule has 1 aromatic rings. The van der Waals surface area contributed by atoms with Crippen LogP contribution in [-0.4, -0.2) is 19.3 Å². The first kappa shape index (κ1) is 11.4. The maximum Gasteiger partial charge on any atom is 0.212 e. The quantitative estimate of drug-likeness (QED) is 0.814. The van der Waals surface area contributed by atoms with Crippen molar-refractivity contribution in [3.8, 4) is 5.75 Å². The maximum atomic E-state index is 11.6. The number of hydrogen-bond donors (Lipinski definition) is 2. The zero-order chi connectivity index (χ0) is 11.6. The largest absolute Gasteiger partial charge is 0.508 e. The van der Waals surface area contributed by atoms with E-state index >= 15 is 0 Å². The summed E-state index contributed by atoms with van der Waals surface area (Å²) in [5.74, 6) is 0.785. The van der Waals surface area contributed by atoms with Crippen LogP contribution >= 0.6 is 0 Å². The second kappa shape index (κ2) is 4.43. The van der Waals surface area contributed by atoms with Crippen LogP contribution in [0, 0.1) is 5.92 Å². The average Bonchev–Trinajstić information content (AvgIpc) is 3.00. The lowest BCUT2D eigenvalue weighted by atomic mass is 10.2. The topological polar surface area (TPSA) is 66.4 Å². The Kier molecular flexibility index (Phi) is 3.16. The standard InChI is InChI=1S/C11H15NO3S/c13-11-5-3-9(4-6-11)7-12-16(14,15)8-10-1-2-10/h3-6,10,12-13H,1-2,7-8H2. The molecule has 1 fully saturated rings. The summed E-state index contributed by atoms with van der Waals surface area (Å²) in [4.78, 5) is 0. The molecule has 0 spiro atoms. The second-order valence-electron chi connectivity index (χ2n) is 4.21. The normalized spacial score (nSPS) is 16.2. The number of phenols is 1. The van der Waals surface area contributed by atoms with Gasteiger partial charge in [0.15, 0.2) is 0 Å². The zero-order valence-corrected chi connectivity index (χ0v) is 9.70. The van der Waals surface area contributed by atoms with Gasteiger partial charge in [0.05, 0.1) is 5.75 Å². The van der Waals surface area contributed by atoms with E-state index in [0.717, 1.165) is 18.4 Å². The van der Waals surface area contributed by atoms with Gasteiger partial charge in [-0.2, -0.15) is 0 Å². The van der Waals surface area contributed by atoms with E-state index in [4.69, 9.17) is 5.11 Å². The van der Waals surface area contributed by atoms with E-state index in [1.54, 1.807) is 24.3 Å². The van der Waals surface area contributed by atoms with E-state index in [1.165, 1.54) is 0 Å². The van der Waals surface area contributed by atoms with E-state index in [9.17, 15) is 8.42 Å². The van der Waals surface area contributed by atoms with Gasteiger partial charge in [0.1, 0.15) is 5.75 Å². The van der Waals surface area contributed by atoms with Gasteiger partial charge in [-0.3, -0.25) is 0 Å². The lowest BCUT2D eigenvalue weighted by molar-refractivity contribution is 0.475. The summed E-state index contributed by atoms with van der Waals surface area (Å²) >= 11 is 0.